The number of nitrogens with one attached hydrogen (secondary N) is 1. The quantitative estimate of drug-likeness (QED) is 0.735. The van der Waals surface area contributed by atoms with E-state index < -0.39 is 0 Å². The van der Waals surface area contributed by atoms with Gasteiger partial charge in [0.05, 0.1) is 6.61 Å². The van der Waals surface area contributed by atoms with Crippen LogP contribution in [0.25, 0.3) is 0 Å². The van der Waals surface area contributed by atoms with Crippen molar-refractivity contribution < 1.29 is 4.74 Å². The van der Waals surface area contributed by atoms with Crippen LogP contribution in [0.3, 0.4) is 0 Å². The fourth-order valence-corrected chi connectivity index (χ4v) is 2.89. The first-order valence-electron chi connectivity index (χ1n) is 7.43. The van der Waals surface area contributed by atoms with Crippen LogP contribution < -0.4 is 5.32 Å². The highest BCUT2D eigenvalue weighted by Gasteiger charge is 2.34. The minimum Gasteiger partial charge on any atom is -0.381 e. The number of ether oxygens (including phenoxy) is 1. The van der Waals surface area contributed by atoms with Crippen LogP contribution in [-0.2, 0) is 4.74 Å². The highest BCUT2D eigenvalue weighted by Crippen LogP contribution is 2.36. The SMILES string of the molecule is CCC(CC)CC1(CNC(C)C)CCCOC1. The molecule has 1 N–H and O–H groups in total. The zero-order chi connectivity index (χ0) is 12.7. The van der Waals surface area contributed by atoms with Gasteiger partial charge in [-0.1, -0.05) is 40.5 Å². The van der Waals surface area contributed by atoms with Gasteiger partial charge in [0.2, 0.25) is 0 Å². The second kappa shape index (κ2) is 7.38. The van der Waals surface area contributed by atoms with Gasteiger partial charge in [0.1, 0.15) is 0 Å². The summed E-state index contributed by atoms with van der Waals surface area (Å²) in [5.74, 6) is 0.866. The molecule has 1 aliphatic heterocycles. The standard InChI is InChI=1S/C15H31NO/c1-5-14(6-2)10-15(11-16-13(3)4)8-7-9-17-12-15/h13-14,16H,5-12H2,1-4H3. The molecule has 0 spiro atoms. The van der Waals surface area contributed by atoms with E-state index in [2.05, 4.69) is 33.0 Å². The molecule has 2 nitrogen and oxygen atoms in total. The molecule has 0 aromatic carbocycles. The van der Waals surface area contributed by atoms with Crippen molar-refractivity contribution in [3.63, 3.8) is 0 Å². The van der Waals surface area contributed by atoms with E-state index in [1.165, 1.54) is 32.1 Å². The predicted molar refractivity (Wildman–Crippen MR) is 74.3 cm³/mol. The lowest BCUT2D eigenvalue weighted by molar-refractivity contribution is -0.0221. The minimum absolute atomic E-state index is 0.402. The van der Waals surface area contributed by atoms with E-state index in [1.807, 2.05) is 0 Å². The molecule has 0 aliphatic carbocycles. The molecule has 17 heavy (non-hydrogen) atoms. The Morgan fingerprint density at radius 1 is 1.24 bits per heavy atom. The van der Waals surface area contributed by atoms with Gasteiger partial charge in [-0.2, -0.15) is 0 Å². The van der Waals surface area contributed by atoms with Crippen molar-refractivity contribution in [2.45, 2.75) is 65.8 Å². The topological polar surface area (TPSA) is 21.3 Å². The third-order valence-corrected chi connectivity index (χ3v) is 4.17. The average molecular weight is 241 g/mol. The maximum Gasteiger partial charge on any atom is 0.0534 e. The van der Waals surface area contributed by atoms with E-state index in [4.69, 9.17) is 4.74 Å². The van der Waals surface area contributed by atoms with Crippen molar-refractivity contribution in [1.82, 2.24) is 5.32 Å². The van der Waals surface area contributed by atoms with Gasteiger partial charge < -0.3 is 10.1 Å². The number of hydrogen-bond acceptors (Lipinski definition) is 2. The predicted octanol–water partition coefficient (Wildman–Crippen LogP) is 3.61. The molecule has 1 aliphatic rings. The normalized spacial score (nSPS) is 25.8. The summed E-state index contributed by atoms with van der Waals surface area (Å²) in [4.78, 5) is 0. The number of hydrogen-bond donors (Lipinski definition) is 1. The Labute approximate surface area is 108 Å². The molecule has 1 fully saturated rings. The van der Waals surface area contributed by atoms with Crippen LogP contribution in [0.1, 0.15) is 59.8 Å². The molecule has 1 heterocycles. The zero-order valence-electron chi connectivity index (χ0n) is 12.2. The van der Waals surface area contributed by atoms with Crippen LogP contribution in [0.2, 0.25) is 0 Å². The summed E-state index contributed by atoms with van der Waals surface area (Å²) in [6, 6.07) is 0.579. The van der Waals surface area contributed by atoms with Gasteiger partial charge in [0.15, 0.2) is 0 Å². The van der Waals surface area contributed by atoms with Crippen molar-refractivity contribution in [3.8, 4) is 0 Å². The Hall–Kier alpha value is -0.0800. The average Bonchev–Trinajstić information content (AvgIpc) is 2.35. The van der Waals surface area contributed by atoms with Crippen LogP contribution in [0, 0.1) is 11.3 Å². The Morgan fingerprint density at radius 2 is 1.94 bits per heavy atom. The Kier molecular flexibility index (Phi) is 6.50. The van der Waals surface area contributed by atoms with Gasteiger partial charge in [0, 0.05) is 24.6 Å². The lowest BCUT2D eigenvalue weighted by atomic mass is 9.74. The Morgan fingerprint density at radius 3 is 2.41 bits per heavy atom. The van der Waals surface area contributed by atoms with Crippen LogP contribution in [-0.4, -0.2) is 25.8 Å². The van der Waals surface area contributed by atoms with E-state index in [0.29, 0.717) is 11.5 Å². The summed E-state index contributed by atoms with van der Waals surface area (Å²) in [6.45, 7) is 12.2. The summed E-state index contributed by atoms with van der Waals surface area (Å²) in [6.07, 6.45) is 6.52. The molecular formula is C15H31NO. The monoisotopic (exact) mass is 241 g/mol. The van der Waals surface area contributed by atoms with Crippen molar-refractivity contribution in [2.75, 3.05) is 19.8 Å². The summed E-state index contributed by atoms with van der Waals surface area (Å²) in [5.41, 5.74) is 0.402. The first-order chi connectivity index (χ1) is 8.12. The van der Waals surface area contributed by atoms with Gasteiger partial charge in [0.25, 0.3) is 0 Å². The molecule has 1 rings (SSSR count). The number of rotatable bonds is 7. The summed E-state index contributed by atoms with van der Waals surface area (Å²) >= 11 is 0. The maximum atomic E-state index is 5.77. The molecule has 1 atom stereocenters. The lowest BCUT2D eigenvalue weighted by Crippen LogP contribution is -2.44. The van der Waals surface area contributed by atoms with Crippen molar-refractivity contribution in [1.29, 1.82) is 0 Å². The Balaban J connectivity index is 2.57. The van der Waals surface area contributed by atoms with E-state index in [1.54, 1.807) is 0 Å². The summed E-state index contributed by atoms with van der Waals surface area (Å²) in [7, 11) is 0. The molecular weight excluding hydrogens is 210 g/mol. The highest BCUT2D eigenvalue weighted by molar-refractivity contribution is 4.86. The molecule has 0 saturated carbocycles. The van der Waals surface area contributed by atoms with E-state index in [-0.39, 0.29) is 0 Å². The highest BCUT2D eigenvalue weighted by atomic mass is 16.5. The molecule has 0 amide bonds. The molecule has 1 saturated heterocycles. The van der Waals surface area contributed by atoms with E-state index in [0.717, 1.165) is 25.7 Å². The van der Waals surface area contributed by atoms with Gasteiger partial charge in [-0.05, 0) is 25.2 Å². The first-order valence-corrected chi connectivity index (χ1v) is 7.43. The van der Waals surface area contributed by atoms with E-state index in [9.17, 15) is 0 Å². The van der Waals surface area contributed by atoms with Crippen molar-refractivity contribution in [3.05, 3.63) is 0 Å². The van der Waals surface area contributed by atoms with Gasteiger partial charge in [-0.25, -0.2) is 0 Å². The fourth-order valence-electron chi connectivity index (χ4n) is 2.89. The van der Waals surface area contributed by atoms with Gasteiger partial charge in [-0.15, -0.1) is 0 Å². The largest absolute Gasteiger partial charge is 0.381 e. The van der Waals surface area contributed by atoms with Crippen LogP contribution in [0.15, 0.2) is 0 Å². The molecule has 0 bridgehead atoms. The molecule has 0 radical (unpaired) electrons. The summed E-state index contributed by atoms with van der Waals surface area (Å²) in [5, 5.41) is 3.63. The van der Waals surface area contributed by atoms with Crippen LogP contribution in [0.4, 0.5) is 0 Å². The molecule has 0 aromatic heterocycles. The fraction of sp³-hybridized carbons (Fsp3) is 1.00. The van der Waals surface area contributed by atoms with Gasteiger partial charge in [-0.3, -0.25) is 0 Å². The molecule has 2 heteroatoms. The third kappa shape index (κ3) is 4.97. The lowest BCUT2D eigenvalue weighted by Gasteiger charge is -2.40. The second-order valence-corrected chi connectivity index (χ2v) is 6.08. The smallest absolute Gasteiger partial charge is 0.0534 e. The van der Waals surface area contributed by atoms with Crippen LogP contribution in [0.5, 0.6) is 0 Å². The zero-order valence-corrected chi connectivity index (χ0v) is 12.2. The third-order valence-electron chi connectivity index (χ3n) is 4.17. The molecule has 1 unspecified atom stereocenters. The van der Waals surface area contributed by atoms with Crippen molar-refractivity contribution >= 4 is 0 Å². The summed E-state index contributed by atoms with van der Waals surface area (Å²) < 4.78 is 5.77. The van der Waals surface area contributed by atoms with Crippen LogP contribution >= 0.6 is 0 Å². The first kappa shape index (κ1) is 15.0. The minimum atomic E-state index is 0.402. The second-order valence-electron chi connectivity index (χ2n) is 6.08. The maximum absolute atomic E-state index is 5.77. The van der Waals surface area contributed by atoms with E-state index >= 15 is 0 Å². The molecule has 0 aromatic rings. The Bertz CT molecular complexity index is 193. The van der Waals surface area contributed by atoms with Gasteiger partial charge >= 0.3 is 0 Å². The van der Waals surface area contributed by atoms with Crippen molar-refractivity contribution in [2.24, 2.45) is 11.3 Å². The molecule has 102 valence electrons.